The zero-order valence-electron chi connectivity index (χ0n) is 7.10. The molecule has 4 heteroatoms. The summed E-state index contributed by atoms with van der Waals surface area (Å²) in [6.45, 7) is 0. The van der Waals surface area contributed by atoms with Gasteiger partial charge in [-0.3, -0.25) is 15.2 Å². The van der Waals surface area contributed by atoms with Crippen molar-refractivity contribution in [3.8, 4) is 0 Å². The fourth-order valence-corrected chi connectivity index (χ4v) is 1.56. The highest BCUT2D eigenvalue weighted by Crippen LogP contribution is 2.46. The smallest absolute Gasteiger partial charge is 0.237 e. The fourth-order valence-electron chi connectivity index (χ4n) is 1.56. The maximum Gasteiger partial charge on any atom is 0.237 e. The van der Waals surface area contributed by atoms with E-state index in [4.69, 9.17) is 5.84 Å². The van der Waals surface area contributed by atoms with E-state index in [1.807, 2.05) is 12.1 Å². The van der Waals surface area contributed by atoms with Gasteiger partial charge in [-0.2, -0.15) is 0 Å². The van der Waals surface area contributed by atoms with Crippen molar-refractivity contribution in [1.29, 1.82) is 0 Å². The van der Waals surface area contributed by atoms with Crippen LogP contribution in [0.25, 0.3) is 0 Å². The van der Waals surface area contributed by atoms with Gasteiger partial charge in [0, 0.05) is 18.3 Å². The van der Waals surface area contributed by atoms with E-state index in [1.165, 1.54) is 0 Å². The summed E-state index contributed by atoms with van der Waals surface area (Å²) >= 11 is 0. The number of rotatable bonds is 2. The van der Waals surface area contributed by atoms with E-state index in [9.17, 15) is 4.79 Å². The molecule has 2 rings (SSSR count). The largest absolute Gasteiger partial charge is 0.294 e. The van der Waals surface area contributed by atoms with E-state index in [-0.39, 0.29) is 11.8 Å². The number of hydrazine groups is 1. The van der Waals surface area contributed by atoms with Crippen molar-refractivity contribution in [1.82, 2.24) is 10.4 Å². The minimum Gasteiger partial charge on any atom is -0.294 e. The van der Waals surface area contributed by atoms with Crippen LogP contribution < -0.4 is 11.3 Å². The molecule has 2 atom stereocenters. The number of aromatic nitrogens is 1. The Labute approximate surface area is 76.1 Å². The predicted molar refractivity (Wildman–Crippen MR) is 47.4 cm³/mol. The Morgan fingerprint density at radius 2 is 2.54 bits per heavy atom. The molecule has 0 spiro atoms. The maximum atomic E-state index is 11.1. The van der Waals surface area contributed by atoms with Crippen molar-refractivity contribution in [2.45, 2.75) is 12.3 Å². The lowest BCUT2D eigenvalue weighted by Crippen LogP contribution is -2.31. The zero-order valence-corrected chi connectivity index (χ0v) is 7.10. The van der Waals surface area contributed by atoms with Crippen LogP contribution in [0.2, 0.25) is 0 Å². The van der Waals surface area contributed by atoms with Crippen molar-refractivity contribution in [3.05, 3.63) is 30.1 Å². The molecule has 1 fully saturated rings. The molecule has 1 aliphatic rings. The highest BCUT2D eigenvalue weighted by molar-refractivity contribution is 5.82. The van der Waals surface area contributed by atoms with Gasteiger partial charge in [-0.25, -0.2) is 5.84 Å². The number of pyridine rings is 1. The van der Waals surface area contributed by atoms with Crippen LogP contribution in [0.15, 0.2) is 24.5 Å². The van der Waals surface area contributed by atoms with Crippen LogP contribution in [-0.4, -0.2) is 10.9 Å². The molecule has 13 heavy (non-hydrogen) atoms. The third-order valence-electron chi connectivity index (χ3n) is 2.38. The van der Waals surface area contributed by atoms with E-state index in [2.05, 4.69) is 10.4 Å². The first-order chi connectivity index (χ1) is 6.33. The summed E-state index contributed by atoms with van der Waals surface area (Å²) in [7, 11) is 0. The summed E-state index contributed by atoms with van der Waals surface area (Å²) in [6, 6.07) is 3.87. The molecule has 2 unspecified atom stereocenters. The molecule has 1 saturated carbocycles. The topological polar surface area (TPSA) is 68.0 Å². The average molecular weight is 177 g/mol. The maximum absolute atomic E-state index is 11.1. The average Bonchev–Trinajstić information content (AvgIpc) is 2.98. The number of carbonyl (C=O) groups is 1. The summed E-state index contributed by atoms with van der Waals surface area (Å²) < 4.78 is 0. The zero-order chi connectivity index (χ0) is 9.26. The Hall–Kier alpha value is -1.42. The highest BCUT2D eigenvalue weighted by atomic mass is 16.2. The van der Waals surface area contributed by atoms with Gasteiger partial charge in [-0.05, 0) is 24.0 Å². The molecule has 1 aliphatic carbocycles. The second kappa shape index (κ2) is 3.14. The second-order valence-electron chi connectivity index (χ2n) is 3.24. The van der Waals surface area contributed by atoms with Gasteiger partial charge in [0.2, 0.25) is 5.91 Å². The summed E-state index contributed by atoms with van der Waals surface area (Å²) in [6.07, 6.45) is 4.41. The van der Waals surface area contributed by atoms with Crippen LogP contribution in [0.1, 0.15) is 17.9 Å². The molecule has 0 aliphatic heterocycles. The minimum atomic E-state index is -0.0751. The molecule has 0 aromatic carbocycles. The van der Waals surface area contributed by atoms with Crippen LogP contribution in [0.5, 0.6) is 0 Å². The lowest BCUT2D eigenvalue weighted by Gasteiger charge is -1.98. The summed E-state index contributed by atoms with van der Waals surface area (Å²) in [5, 5.41) is 0. The SMILES string of the molecule is NNC(=O)C1CC1c1cccnc1. The Morgan fingerprint density at radius 3 is 3.15 bits per heavy atom. The molecule has 0 bridgehead atoms. The van der Waals surface area contributed by atoms with Gasteiger partial charge in [-0.1, -0.05) is 6.07 Å². The van der Waals surface area contributed by atoms with Crippen LogP contribution in [0, 0.1) is 5.92 Å². The Balaban J connectivity index is 2.04. The number of nitrogens with zero attached hydrogens (tertiary/aromatic N) is 1. The normalized spacial score (nSPS) is 25.3. The molecule has 3 N–H and O–H groups in total. The van der Waals surface area contributed by atoms with E-state index in [0.29, 0.717) is 5.92 Å². The Kier molecular flexibility index (Phi) is 1.98. The second-order valence-corrected chi connectivity index (χ2v) is 3.24. The summed E-state index contributed by atoms with van der Waals surface area (Å²) in [5.41, 5.74) is 3.29. The van der Waals surface area contributed by atoms with Crippen molar-refractivity contribution < 1.29 is 4.79 Å². The molecular weight excluding hydrogens is 166 g/mol. The van der Waals surface area contributed by atoms with Gasteiger partial charge in [-0.15, -0.1) is 0 Å². The number of carbonyl (C=O) groups excluding carboxylic acids is 1. The van der Waals surface area contributed by atoms with Crippen molar-refractivity contribution in [2.24, 2.45) is 11.8 Å². The number of amides is 1. The van der Waals surface area contributed by atoms with Crippen LogP contribution in [0.3, 0.4) is 0 Å². The van der Waals surface area contributed by atoms with Gasteiger partial charge < -0.3 is 0 Å². The molecule has 1 aromatic heterocycles. The van der Waals surface area contributed by atoms with Crippen LogP contribution >= 0.6 is 0 Å². The van der Waals surface area contributed by atoms with Crippen LogP contribution in [0.4, 0.5) is 0 Å². The summed E-state index contributed by atoms with van der Waals surface area (Å²) in [5.74, 6) is 5.33. The van der Waals surface area contributed by atoms with Crippen molar-refractivity contribution >= 4 is 5.91 Å². The Bertz CT molecular complexity index is 312. The minimum absolute atomic E-state index is 0.0502. The van der Waals surface area contributed by atoms with Crippen molar-refractivity contribution in [2.75, 3.05) is 0 Å². The highest BCUT2D eigenvalue weighted by Gasteiger charge is 2.43. The first kappa shape index (κ1) is 8.19. The first-order valence-electron chi connectivity index (χ1n) is 4.23. The lowest BCUT2D eigenvalue weighted by atomic mass is 10.1. The molecule has 1 aromatic rings. The van der Waals surface area contributed by atoms with Gasteiger partial charge in [0.25, 0.3) is 0 Å². The monoisotopic (exact) mass is 177 g/mol. The number of nitrogens with one attached hydrogen (secondary N) is 1. The van der Waals surface area contributed by atoms with Gasteiger partial charge in [0.1, 0.15) is 0 Å². The van der Waals surface area contributed by atoms with E-state index in [1.54, 1.807) is 12.4 Å². The molecule has 0 radical (unpaired) electrons. The van der Waals surface area contributed by atoms with Crippen LogP contribution in [-0.2, 0) is 4.79 Å². The number of nitrogens with two attached hydrogens (primary N) is 1. The van der Waals surface area contributed by atoms with Crippen molar-refractivity contribution in [3.63, 3.8) is 0 Å². The lowest BCUT2D eigenvalue weighted by molar-refractivity contribution is -0.122. The molecule has 1 amide bonds. The predicted octanol–water partition coefficient (Wildman–Crippen LogP) is 0.175. The van der Waals surface area contributed by atoms with E-state index in [0.717, 1.165) is 12.0 Å². The molecule has 1 heterocycles. The van der Waals surface area contributed by atoms with E-state index < -0.39 is 0 Å². The quantitative estimate of drug-likeness (QED) is 0.384. The number of hydrogen-bond donors (Lipinski definition) is 2. The summed E-state index contributed by atoms with van der Waals surface area (Å²) in [4.78, 5) is 15.1. The van der Waals surface area contributed by atoms with Gasteiger partial charge >= 0.3 is 0 Å². The molecule has 68 valence electrons. The molecular formula is C9H11N3O. The fraction of sp³-hybridized carbons (Fsp3) is 0.333. The first-order valence-corrected chi connectivity index (χ1v) is 4.23. The van der Waals surface area contributed by atoms with E-state index >= 15 is 0 Å². The third-order valence-corrected chi connectivity index (χ3v) is 2.38. The molecule has 0 saturated heterocycles. The number of hydrogen-bond acceptors (Lipinski definition) is 3. The molecule has 4 nitrogen and oxygen atoms in total. The Morgan fingerprint density at radius 1 is 1.69 bits per heavy atom. The van der Waals surface area contributed by atoms with Gasteiger partial charge in [0.05, 0.1) is 0 Å². The van der Waals surface area contributed by atoms with Gasteiger partial charge in [0.15, 0.2) is 0 Å². The standard InChI is InChI=1S/C9H11N3O/c10-12-9(13)8-4-7(8)6-2-1-3-11-5-6/h1-3,5,7-8H,4,10H2,(H,12,13). The third kappa shape index (κ3) is 1.53.